The Balaban J connectivity index is 2.03. The summed E-state index contributed by atoms with van der Waals surface area (Å²) in [7, 11) is 0. The lowest BCUT2D eigenvalue weighted by Gasteiger charge is -2.37. The number of nitrogens with two attached hydrogens (primary N) is 1. The van der Waals surface area contributed by atoms with E-state index in [4.69, 9.17) is 5.73 Å². The Kier molecular flexibility index (Phi) is 4.38. The van der Waals surface area contributed by atoms with Crippen LogP contribution in [-0.4, -0.2) is 35.2 Å². The minimum atomic E-state index is -0.268. The van der Waals surface area contributed by atoms with Gasteiger partial charge in [0.15, 0.2) is 0 Å². The number of aliphatic hydroxyl groups excluding tert-OH is 1. The van der Waals surface area contributed by atoms with Crippen molar-refractivity contribution in [2.75, 3.05) is 13.1 Å². The van der Waals surface area contributed by atoms with E-state index >= 15 is 0 Å². The molecule has 0 aromatic heterocycles. The average molecular weight is 248 g/mol. The van der Waals surface area contributed by atoms with Gasteiger partial charge in [-0.3, -0.25) is 4.90 Å². The first-order chi connectivity index (χ1) is 8.56. The van der Waals surface area contributed by atoms with Gasteiger partial charge in [-0.2, -0.15) is 0 Å². The van der Waals surface area contributed by atoms with Crippen LogP contribution in [-0.2, 0) is 6.54 Å². The molecule has 3 heteroatoms. The molecule has 0 saturated carbocycles. The first kappa shape index (κ1) is 13.5. The first-order valence-electron chi connectivity index (χ1n) is 6.76. The molecule has 18 heavy (non-hydrogen) atoms. The van der Waals surface area contributed by atoms with E-state index in [-0.39, 0.29) is 12.1 Å². The van der Waals surface area contributed by atoms with E-state index in [0.29, 0.717) is 5.92 Å². The van der Waals surface area contributed by atoms with Gasteiger partial charge in [-0.1, -0.05) is 24.3 Å². The van der Waals surface area contributed by atoms with Gasteiger partial charge in [-0.25, -0.2) is 0 Å². The maximum Gasteiger partial charge on any atom is 0.0553 e. The van der Waals surface area contributed by atoms with Crippen LogP contribution in [0.2, 0.25) is 0 Å². The van der Waals surface area contributed by atoms with Crippen molar-refractivity contribution in [3.05, 3.63) is 35.4 Å². The van der Waals surface area contributed by atoms with Gasteiger partial charge in [0.25, 0.3) is 0 Å². The van der Waals surface area contributed by atoms with Crippen molar-refractivity contribution in [1.82, 2.24) is 4.90 Å². The minimum Gasteiger partial charge on any atom is -0.393 e. The van der Waals surface area contributed by atoms with Crippen LogP contribution < -0.4 is 5.73 Å². The van der Waals surface area contributed by atoms with Crippen molar-refractivity contribution < 1.29 is 5.11 Å². The van der Waals surface area contributed by atoms with E-state index in [1.54, 1.807) is 0 Å². The average Bonchev–Trinajstić information content (AvgIpc) is 2.31. The molecule has 1 aromatic rings. The van der Waals surface area contributed by atoms with E-state index in [1.807, 2.05) is 6.92 Å². The summed E-state index contributed by atoms with van der Waals surface area (Å²) in [5.41, 5.74) is 8.77. The lowest BCUT2D eigenvalue weighted by Crippen LogP contribution is -2.49. The van der Waals surface area contributed by atoms with E-state index in [9.17, 15) is 5.11 Å². The Morgan fingerprint density at radius 3 is 2.78 bits per heavy atom. The van der Waals surface area contributed by atoms with Crippen molar-refractivity contribution >= 4 is 0 Å². The van der Waals surface area contributed by atoms with E-state index in [2.05, 4.69) is 36.1 Å². The quantitative estimate of drug-likeness (QED) is 0.853. The number of nitrogens with zero attached hydrogens (tertiary/aromatic N) is 1. The summed E-state index contributed by atoms with van der Waals surface area (Å²) in [5, 5.41) is 9.75. The minimum absolute atomic E-state index is 0.183. The van der Waals surface area contributed by atoms with Gasteiger partial charge in [0.1, 0.15) is 0 Å². The van der Waals surface area contributed by atoms with Gasteiger partial charge < -0.3 is 10.8 Å². The van der Waals surface area contributed by atoms with Crippen molar-refractivity contribution in [2.24, 2.45) is 11.7 Å². The topological polar surface area (TPSA) is 49.5 Å². The second-order valence-corrected chi connectivity index (χ2v) is 5.62. The highest BCUT2D eigenvalue weighted by atomic mass is 16.3. The Morgan fingerprint density at radius 1 is 1.39 bits per heavy atom. The Labute approximate surface area is 110 Å². The monoisotopic (exact) mass is 248 g/mol. The number of hydrogen-bond donors (Lipinski definition) is 2. The van der Waals surface area contributed by atoms with Gasteiger partial charge in [0, 0.05) is 25.7 Å². The predicted molar refractivity (Wildman–Crippen MR) is 74.2 cm³/mol. The maximum absolute atomic E-state index is 9.75. The lowest BCUT2D eigenvalue weighted by atomic mass is 9.90. The smallest absolute Gasteiger partial charge is 0.0553 e. The third-order valence-corrected chi connectivity index (χ3v) is 3.93. The molecule has 3 unspecified atom stereocenters. The molecule has 3 nitrogen and oxygen atoms in total. The standard InChI is InChI=1S/C15H24N2O/c1-11-5-3-4-6-13(11)8-17-9-14(12(2)18)7-15(16)10-17/h3-6,12,14-15,18H,7-10,16H2,1-2H3. The largest absolute Gasteiger partial charge is 0.393 e. The molecule has 0 aliphatic carbocycles. The Bertz CT molecular complexity index is 392. The SMILES string of the molecule is Cc1ccccc1CN1CC(N)CC(C(C)O)C1. The summed E-state index contributed by atoms with van der Waals surface area (Å²) in [6.45, 7) is 6.82. The molecule has 100 valence electrons. The fourth-order valence-electron chi connectivity index (χ4n) is 2.78. The molecule has 1 heterocycles. The molecule has 1 aliphatic heterocycles. The number of likely N-dealkylation sites (tertiary alicyclic amines) is 1. The van der Waals surface area contributed by atoms with Crippen LogP contribution in [0.1, 0.15) is 24.5 Å². The highest BCUT2D eigenvalue weighted by Gasteiger charge is 2.27. The summed E-state index contributed by atoms with van der Waals surface area (Å²) in [4.78, 5) is 2.37. The van der Waals surface area contributed by atoms with Crippen molar-refractivity contribution in [3.63, 3.8) is 0 Å². The molecule has 3 N–H and O–H groups in total. The number of aryl methyl sites for hydroxylation is 1. The molecule has 0 radical (unpaired) electrons. The molecule has 1 fully saturated rings. The van der Waals surface area contributed by atoms with Gasteiger partial charge in [0.05, 0.1) is 6.10 Å². The number of benzene rings is 1. The number of hydrogen-bond acceptors (Lipinski definition) is 3. The van der Waals surface area contributed by atoms with Crippen molar-refractivity contribution in [2.45, 2.75) is 39.0 Å². The first-order valence-corrected chi connectivity index (χ1v) is 6.76. The van der Waals surface area contributed by atoms with Crippen LogP contribution >= 0.6 is 0 Å². The summed E-state index contributed by atoms with van der Waals surface area (Å²) >= 11 is 0. The molecule has 2 rings (SSSR count). The fourth-order valence-corrected chi connectivity index (χ4v) is 2.78. The molecule has 0 amide bonds. The second-order valence-electron chi connectivity index (χ2n) is 5.62. The third kappa shape index (κ3) is 3.31. The zero-order valence-electron chi connectivity index (χ0n) is 11.3. The normalized spacial score (nSPS) is 27.1. The van der Waals surface area contributed by atoms with Gasteiger partial charge >= 0.3 is 0 Å². The lowest BCUT2D eigenvalue weighted by molar-refractivity contribution is 0.0516. The summed E-state index contributed by atoms with van der Waals surface area (Å²) < 4.78 is 0. The molecular weight excluding hydrogens is 224 g/mol. The highest BCUT2D eigenvalue weighted by Crippen LogP contribution is 2.21. The van der Waals surface area contributed by atoms with Gasteiger partial charge in [-0.05, 0) is 37.3 Å². The zero-order chi connectivity index (χ0) is 13.1. The van der Waals surface area contributed by atoms with Crippen LogP contribution in [0.25, 0.3) is 0 Å². The Morgan fingerprint density at radius 2 is 2.11 bits per heavy atom. The van der Waals surface area contributed by atoms with Crippen molar-refractivity contribution in [1.29, 1.82) is 0 Å². The van der Waals surface area contributed by atoms with E-state index < -0.39 is 0 Å². The zero-order valence-corrected chi connectivity index (χ0v) is 11.3. The van der Waals surface area contributed by atoms with Crippen LogP contribution in [0.3, 0.4) is 0 Å². The summed E-state index contributed by atoms with van der Waals surface area (Å²) in [5.74, 6) is 0.303. The molecule has 0 spiro atoms. The fraction of sp³-hybridized carbons (Fsp3) is 0.600. The van der Waals surface area contributed by atoms with Gasteiger partial charge in [-0.15, -0.1) is 0 Å². The van der Waals surface area contributed by atoms with Crippen LogP contribution in [0.4, 0.5) is 0 Å². The number of rotatable bonds is 3. The molecule has 0 bridgehead atoms. The summed E-state index contributed by atoms with van der Waals surface area (Å²) in [6.07, 6.45) is 0.665. The predicted octanol–water partition coefficient (Wildman–Crippen LogP) is 1.53. The number of aliphatic hydroxyl groups is 1. The summed E-state index contributed by atoms with van der Waals surface area (Å²) in [6, 6.07) is 8.65. The number of piperidine rings is 1. The second kappa shape index (κ2) is 5.83. The van der Waals surface area contributed by atoms with Crippen LogP contribution in [0, 0.1) is 12.8 Å². The molecule has 1 aromatic carbocycles. The molecule has 1 aliphatic rings. The van der Waals surface area contributed by atoms with Crippen molar-refractivity contribution in [3.8, 4) is 0 Å². The molecule has 3 atom stereocenters. The molecular formula is C15H24N2O. The van der Waals surface area contributed by atoms with Crippen LogP contribution in [0.5, 0.6) is 0 Å². The molecule has 1 saturated heterocycles. The van der Waals surface area contributed by atoms with E-state index in [1.165, 1.54) is 11.1 Å². The van der Waals surface area contributed by atoms with Crippen LogP contribution in [0.15, 0.2) is 24.3 Å². The highest BCUT2D eigenvalue weighted by molar-refractivity contribution is 5.25. The third-order valence-electron chi connectivity index (χ3n) is 3.93. The Hall–Kier alpha value is -0.900. The van der Waals surface area contributed by atoms with Gasteiger partial charge in [0.2, 0.25) is 0 Å². The maximum atomic E-state index is 9.75. The van der Waals surface area contributed by atoms with E-state index in [0.717, 1.165) is 26.1 Å².